The van der Waals surface area contributed by atoms with E-state index in [9.17, 15) is 47.9 Å². The third-order valence-corrected chi connectivity index (χ3v) is 25.2. The number of ketones is 4. The van der Waals surface area contributed by atoms with Gasteiger partial charge in [0.1, 0.15) is 46.2 Å². The maximum Gasteiger partial charge on any atom is 0.415 e. The van der Waals surface area contributed by atoms with Gasteiger partial charge < -0.3 is 43.9 Å². The fourth-order valence-corrected chi connectivity index (χ4v) is 18.8. The van der Waals surface area contributed by atoms with Crippen LogP contribution < -0.4 is 35.4 Å². The molecular formula is C83H91N5O14P+. The van der Waals surface area contributed by atoms with E-state index in [0.717, 1.165) is 31.8 Å². The molecule has 0 atom stereocenters. The molecule has 0 saturated heterocycles. The summed E-state index contributed by atoms with van der Waals surface area (Å²) in [5.74, 6) is -2.41. The third kappa shape index (κ3) is 15.1. The van der Waals surface area contributed by atoms with Gasteiger partial charge in [-0.3, -0.25) is 33.6 Å². The van der Waals surface area contributed by atoms with E-state index in [2.05, 4.69) is 96.3 Å². The molecule has 1 spiro atoms. The van der Waals surface area contributed by atoms with Gasteiger partial charge in [0.15, 0.2) is 28.7 Å². The second kappa shape index (κ2) is 30.7. The Morgan fingerprint density at radius 2 is 0.854 bits per heavy atom. The normalized spacial score (nSPS) is 15.0. The smallest absolute Gasteiger partial charge is 0.415 e. The number of hydrogen-bond donors (Lipinski definition) is 1. The molecule has 6 aromatic carbocycles. The summed E-state index contributed by atoms with van der Waals surface area (Å²) in [7, 11) is 4.19. The lowest BCUT2D eigenvalue weighted by Crippen LogP contribution is -2.40. The number of amides is 5. The average Bonchev–Trinajstić information content (AvgIpc) is 1.58. The lowest BCUT2D eigenvalue weighted by atomic mass is 9.71. The fraction of sp³-hybridized carbons (Fsp3) is 0.349. The molecule has 4 aliphatic rings. The molecule has 0 aromatic heterocycles. The first-order chi connectivity index (χ1) is 48.8. The first-order valence-electron chi connectivity index (χ1n) is 34.8. The molecule has 103 heavy (non-hydrogen) atoms. The molecule has 6 aromatic rings. The van der Waals surface area contributed by atoms with E-state index >= 15 is 0 Å². The Kier molecular flexibility index (Phi) is 22.4. The van der Waals surface area contributed by atoms with E-state index in [1.165, 1.54) is 73.9 Å². The van der Waals surface area contributed by atoms with Crippen LogP contribution in [-0.4, -0.2) is 146 Å². The molecule has 0 bridgehead atoms. The Hall–Kier alpha value is -10.4. The van der Waals surface area contributed by atoms with Crippen LogP contribution in [0, 0.1) is 10.8 Å². The fourth-order valence-electron chi connectivity index (χ4n) is 14.4. The van der Waals surface area contributed by atoms with Crippen molar-refractivity contribution in [3.8, 4) is 23.0 Å². The van der Waals surface area contributed by atoms with E-state index in [4.69, 9.17) is 18.9 Å². The van der Waals surface area contributed by atoms with Gasteiger partial charge in [-0.15, -0.1) is 0 Å². The second-order valence-electron chi connectivity index (χ2n) is 28.6. The van der Waals surface area contributed by atoms with Crippen molar-refractivity contribution in [2.75, 3.05) is 67.1 Å². The van der Waals surface area contributed by atoms with Crippen LogP contribution in [0.4, 0.5) is 9.59 Å². The van der Waals surface area contributed by atoms with E-state index in [1.807, 2.05) is 0 Å². The summed E-state index contributed by atoms with van der Waals surface area (Å²) in [6.45, 7) is 17.4. The molecule has 2 aliphatic heterocycles. The molecule has 20 heteroatoms. The number of fused-ring (bicyclic) bond motifs is 6. The van der Waals surface area contributed by atoms with Crippen LogP contribution in [0.15, 0.2) is 190 Å². The first-order valence-corrected chi connectivity index (χ1v) is 36.8. The van der Waals surface area contributed by atoms with Crippen LogP contribution >= 0.6 is 7.26 Å². The standard InChI is InChI=1S/C83H90N5O14P/c1-51-53(3)75(93)71(55(5)73(51)91)81(7,8)49-69(89)85(11)41-43-87(13)79(97)99-58-35-38-64-67(47-58)101-68-48-59(100-80(98)88(14)44-42-86(12)70(90)50-82(9,10)72-56(6)74(92)52(2)54(4)76(72)94)36-39-65(68)83(64)66-46-57(34-37-63(66)78(96)102-83)77(95)84-40-26-15-16-27-45-103(60-28-20-17-21-29-60,61-30-22-18-23-31-61)62-32-24-19-25-33-62/h17-25,28-39,46-48H,15-16,26-27,40-45,49-50H2,1-14H3/p+1. The van der Waals surface area contributed by atoms with Crippen LogP contribution in [0.25, 0.3) is 0 Å². The van der Waals surface area contributed by atoms with Gasteiger partial charge in [-0.05, 0) is 140 Å². The Labute approximate surface area is 603 Å². The summed E-state index contributed by atoms with van der Waals surface area (Å²) in [4.78, 5) is 142. The highest BCUT2D eigenvalue weighted by Crippen LogP contribution is 2.58. The van der Waals surface area contributed by atoms with E-state index < -0.39 is 41.8 Å². The van der Waals surface area contributed by atoms with E-state index in [1.54, 1.807) is 114 Å². The molecule has 1 N–H and O–H groups in total. The predicted molar refractivity (Wildman–Crippen MR) is 397 cm³/mol. The average molecular weight is 1410 g/mol. The van der Waals surface area contributed by atoms with Gasteiger partial charge in [0.25, 0.3) is 5.91 Å². The highest BCUT2D eigenvalue weighted by molar-refractivity contribution is 7.95. The Morgan fingerprint density at radius 1 is 0.456 bits per heavy atom. The number of unbranched alkanes of at least 4 members (excludes halogenated alkanes) is 3. The zero-order valence-electron chi connectivity index (χ0n) is 61.3. The van der Waals surface area contributed by atoms with E-state index in [0.29, 0.717) is 67.8 Å². The number of likely N-dealkylation sites (N-methyl/N-ethyl adjacent to an activating group) is 4. The van der Waals surface area contributed by atoms with Gasteiger partial charge in [0.05, 0.1) is 11.7 Å². The lowest BCUT2D eigenvalue weighted by Gasteiger charge is -2.36. The number of rotatable bonds is 25. The third-order valence-electron chi connectivity index (χ3n) is 20.6. The molecule has 5 amide bonds. The van der Waals surface area contributed by atoms with Crippen molar-refractivity contribution < 1.29 is 66.9 Å². The number of ether oxygens (including phenoxy) is 4. The summed E-state index contributed by atoms with van der Waals surface area (Å²) < 4.78 is 25.0. The number of benzene rings is 6. The molecule has 2 aliphatic carbocycles. The largest absolute Gasteiger partial charge is 0.456 e. The molecule has 0 fully saturated rings. The zero-order valence-corrected chi connectivity index (χ0v) is 62.2. The second-order valence-corrected chi connectivity index (χ2v) is 32.2. The predicted octanol–water partition coefficient (Wildman–Crippen LogP) is 12.8. The number of carbonyl (C=O) groups is 10. The molecule has 0 radical (unpaired) electrons. The van der Waals surface area contributed by atoms with Crippen molar-refractivity contribution in [2.45, 2.75) is 113 Å². The maximum absolute atomic E-state index is 14.3. The molecule has 10 rings (SSSR count). The van der Waals surface area contributed by atoms with Crippen LogP contribution in [0.3, 0.4) is 0 Å². The number of nitrogens with one attached hydrogen (secondary N) is 1. The molecule has 0 saturated carbocycles. The van der Waals surface area contributed by atoms with Crippen molar-refractivity contribution in [2.24, 2.45) is 10.8 Å². The van der Waals surface area contributed by atoms with Gasteiger partial charge in [-0.1, -0.05) is 88.7 Å². The Balaban J connectivity index is 0.848. The van der Waals surface area contributed by atoms with Crippen LogP contribution in [0.2, 0.25) is 0 Å². The highest BCUT2D eigenvalue weighted by atomic mass is 31.2. The number of nitrogens with zero attached hydrogens (tertiary/aromatic N) is 4. The summed E-state index contributed by atoms with van der Waals surface area (Å²) in [5, 5.41) is 7.10. The van der Waals surface area contributed by atoms with Gasteiger partial charge in [0.2, 0.25) is 11.8 Å². The van der Waals surface area contributed by atoms with Gasteiger partial charge in [0, 0.05) is 164 Å². The minimum absolute atomic E-state index is 0.0286. The van der Waals surface area contributed by atoms with Crippen molar-refractivity contribution in [3.05, 3.63) is 218 Å². The van der Waals surface area contributed by atoms with Crippen LogP contribution in [0.5, 0.6) is 23.0 Å². The summed E-state index contributed by atoms with van der Waals surface area (Å²) in [5.41, 5.74) is 0.443. The molecule has 2 heterocycles. The molecule has 536 valence electrons. The number of hydrogen-bond acceptors (Lipinski definition) is 14. The van der Waals surface area contributed by atoms with E-state index in [-0.39, 0.29) is 114 Å². The molecule has 0 unspecified atom stereocenters. The Morgan fingerprint density at radius 3 is 1.28 bits per heavy atom. The summed E-state index contributed by atoms with van der Waals surface area (Å²) >= 11 is 0. The number of Topliss-reactive ketones (excluding diaryl/α,β-unsaturated/α-hetero) is 4. The van der Waals surface area contributed by atoms with Gasteiger partial charge in [-0.2, -0.15) is 0 Å². The number of allylic oxidation sites excluding steroid dienone is 8. The monoisotopic (exact) mass is 1410 g/mol. The first kappa shape index (κ1) is 75.3. The van der Waals surface area contributed by atoms with Crippen LogP contribution in [0.1, 0.15) is 145 Å². The number of carbonyl (C=O) groups excluding carboxylic acids is 10. The SMILES string of the molecule is CC1=C(C)C(=O)C(C(C)(C)CC(=O)N(C)CCN(C)C(=O)Oc2ccc3c(c2)Oc2cc(OC(=O)N(C)CCN(C)C(=O)CC(C)(C)C4=C(C)C(=O)C(C)=C(C)C4=O)ccc2C32OC(=O)c3ccc(C(=O)NCCCCCC[P+](c4ccccc4)(c4ccccc4)c4ccccc4)cc32)=C(C)C1=O. The number of esters is 1. The molecular weight excluding hydrogens is 1320 g/mol. The molecule has 19 nitrogen and oxygen atoms in total. The zero-order chi connectivity index (χ0) is 74.6. The summed E-state index contributed by atoms with van der Waals surface area (Å²) in [6.07, 6.45) is 2.76. The van der Waals surface area contributed by atoms with Gasteiger partial charge >= 0.3 is 18.2 Å². The highest BCUT2D eigenvalue weighted by Gasteiger charge is 2.54. The maximum atomic E-state index is 14.3. The lowest BCUT2D eigenvalue weighted by molar-refractivity contribution is -0.132. The van der Waals surface area contributed by atoms with Crippen molar-refractivity contribution in [1.82, 2.24) is 24.9 Å². The Bertz CT molecular complexity index is 4300. The van der Waals surface area contributed by atoms with Crippen molar-refractivity contribution in [1.29, 1.82) is 0 Å². The van der Waals surface area contributed by atoms with Gasteiger partial charge in [-0.25, -0.2) is 14.4 Å². The van der Waals surface area contributed by atoms with Crippen molar-refractivity contribution >= 4 is 82.2 Å². The minimum Gasteiger partial charge on any atom is -0.456 e. The quantitative estimate of drug-likeness (QED) is 0.0243. The summed E-state index contributed by atoms with van der Waals surface area (Å²) in [6, 6.07) is 46.3. The minimum atomic E-state index is -2.00. The topological polar surface area (TPSA) is 233 Å². The van der Waals surface area contributed by atoms with Crippen molar-refractivity contribution in [3.63, 3.8) is 0 Å². The van der Waals surface area contributed by atoms with Crippen LogP contribution in [-0.2, 0) is 39.1 Å².